The molecule has 7 nitrogen and oxygen atoms in total. The van der Waals surface area contributed by atoms with E-state index >= 15 is 0 Å². The Morgan fingerprint density at radius 2 is 2.07 bits per heavy atom. The summed E-state index contributed by atoms with van der Waals surface area (Å²) in [6, 6.07) is 6.74. The molecule has 148 valence electrons. The molecule has 8 heteroatoms. The lowest BCUT2D eigenvalue weighted by Gasteiger charge is -2.22. The van der Waals surface area contributed by atoms with Crippen molar-refractivity contribution in [1.82, 2.24) is 30.1 Å². The lowest BCUT2D eigenvalue weighted by Crippen LogP contribution is -2.42. The molecular weight excluding hydrogens is 453 g/mol. The van der Waals surface area contributed by atoms with Gasteiger partial charge in [0.25, 0.3) is 0 Å². The first-order valence-corrected chi connectivity index (χ1v) is 9.88. The summed E-state index contributed by atoms with van der Waals surface area (Å²) >= 11 is 0. The molecule has 0 atom stereocenters. The van der Waals surface area contributed by atoms with Gasteiger partial charge in [0.2, 0.25) is 0 Å². The fraction of sp³-hybridized carbons (Fsp3) is 0.632. The molecule has 0 aromatic carbocycles. The van der Waals surface area contributed by atoms with E-state index in [1.807, 2.05) is 28.8 Å². The maximum absolute atomic E-state index is 4.69. The van der Waals surface area contributed by atoms with Crippen LogP contribution in [-0.2, 0) is 6.54 Å². The number of rotatable bonds is 9. The maximum Gasteiger partial charge on any atom is 0.191 e. The summed E-state index contributed by atoms with van der Waals surface area (Å²) in [7, 11) is 0. The molecule has 0 bridgehead atoms. The molecule has 0 amide bonds. The monoisotopic (exact) mass is 483 g/mol. The van der Waals surface area contributed by atoms with Gasteiger partial charge in [0, 0.05) is 38.4 Å². The van der Waals surface area contributed by atoms with E-state index in [1.54, 1.807) is 0 Å². The first-order chi connectivity index (χ1) is 12.8. The second-order valence-electron chi connectivity index (χ2n) is 7.34. The smallest absolute Gasteiger partial charge is 0.191 e. The SMILES string of the molecule is CCNC(=NCc1nnc2ccccn12)NCCN(CC1CC1)C1CC1.I. The summed E-state index contributed by atoms with van der Waals surface area (Å²) in [5.74, 6) is 2.66. The second kappa shape index (κ2) is 9.68. The summed E-state index contributed by atoms with van der Waals surface area (Å²) in [5.41, 5.74) is 0.857. The number of aliphatic imine (C=N–C) groups is 1. The molecule has 2 aliphatic carbocycles. The molecule has 0 radical (unpaired) electrons. The zero-order valence-corrected chi connectivity index (χ0v) is 18.3. The molecule has 0 aliphatic heterocycles. The summed E-state index contributed by atoms with van der Waals surface area (Å²) in [4.78, 5) is 7.36. The molecule has 2 aromatic heterocycles. The first kappa shape index (κ1) is 20.3. The zero-order valence-electron chi connectivity index (χ0n) is 16.0. The van der Waals surface area contributed by atoms with E-state index < -0.39 is 0 Å². The molecule has 0 unspecified atom stereocenters. The number of aromatic nitrogens is 3. The Bertz CT molecular complexity index is 751. The largest absolute Gasteiger partial charge is 0.357 e. The highest BCUT2D eigenvalue weighted by atomic mass is 127. The van der Waals surface area contributed by atoms with Crippen LogP contribution in [0.5, 0.6) is 0 Å². The highest BCUT2D eigenvalue weighted by Crippen LogP contribution is 2.34. The maximum atomic E-state index is 4.69. The molecule has 0 saturated heterocycles. The number of nitrogens with one attached hydrogen (secondary N) is 2. The lowest BCUT2D eigenvalue weighted by atomic mass is 10.3. The van der Waals surface area contributed by atoms with Crippen LogP contribution in [0.1, 0.15) is 38.4 Å². The molecule has 0 spiro atoms. The topological polar surface area (TPSA) is 69.8 Å². The van der Waals surface area contributed by atoms with Gasteiger partial charge < -0.3 is 10.6 Å². The number of guanidine groups is 1. The molecule has 2 heterocycles. The van der Waals surface area contributed by atoms with Crippen molar-refractivity contribution in [3.63, 3.8) is 0 Å². The van der Waals surface area contributed by atoms with Crippen LogP contribution in [0, 0.1) is 5.92 Å². The number of hydrogen-bond donors (Lipinski definition) is 2. The number of fused-ring (bicyclic) bond motifs is 1. The average molecular weight is 483 g/mol. The van der Waals surface area contributed by atoms with Gasteiger partial charge in [-0.05, 0) is 50.7 Å². The Kier molecular flexibility index (Phi) is 7.28. The number of hydrogen-bond acceptors (Lipinski definition) is 4. The van der Waals surface area contributed by atoms with E-state index in [9.17, 15) is 0 Å². The minimum Gasteiger partial charge on any atom is -0.357 e. The van der Waals surface area contributed by atoms with Crippen LogP contribution in [0.3, 0.4) is 0 Å². The van der Waals surface area contributed by atoms with Gasteiger partial charge in [0.1, 0.15) is 6.54 Å². The molecule has 2 aromatic rings. The van der Waals surface area contributed by atoms with Gasteiger partial charge in [-0.3, -0.25) is 9.30 Å². The van der Waals surface area contributed by atoms with Gasteiger partial charge in [-0.25, -0.2) is 4.99 Å². The molecule has 2 N–H and O–H groups in total. The molecule has 4 rings (SSSR count). The Labute approximate surface area is 178 Å². The number of pyridine rings is 1. The fourth-order valence-corrected chi connectivity index (χ4v) is 3.30. The van der Waals surface area contributed by atoms with Crippen molar-refractivity contribution in [1.29, 1.82) is 0 Å². The summed E-state index contributed by atoms with van der Waals surface area (Å²) in [6.07, 6.45) is 7.58. The summed E-state index contributed by atoms with van der Waals surface area (Å²) in [5, 5.41) is 15.2. The van der Waals surface area contributed by atoms with Crippen molar-refractivity contribution in [3.8, 4) is 0 Å². The summed E-state index contributed by atoms with van der Waals surface area (Å²) < 4.78 is 1.98. The number of halogens is 1. The Morgan fingerprint density at radius 3 is 2.81 bits per heavy atom. The second-order valence-corrected chi connectivity index (χ2v) is 7.34. The van der Waals surface area contributed by atoms with Crippen LogP contribution < -0.4 is 10.6 Å². The van der Waals surface area contributed by atoms with Gasteiger partial charge >= 0.3 is 0 Å². The third-order valence-electron chi connectivity index (χ3n) is 5.05. The van der Waals surface area contributed by atoms with Crippen molar-refractivity contribution in [2.45, 2.75) is 45.2 Å². The van der Waals surface area contributed by atoms with Crippen LogP contribution >= 0.6 is 24.0 Å². The van der Waals surface area contributed by atoms with Crippen molar-refractivity contribution in [2.75, 3.05) is 26.2 Å². The van der Waals surface area contributed by atoms with E-state index in [4.69, 9.17) is 0 Å². The molecule has 2 saturated carbocycles. The van der Waals surface area contributed by atoms with Crippen molar-refractivity contribution in [2.24, 2.45) is 10.9 Å². The predicted octanol–water partition coefficient (Wildman–Crippen LogP) is 2.28. The van der Waals surface area contributed by atoms with Gasteiger partial charge in [-0.1, -0.05) is 6.07 Å². The van der Waals surface area contributed by atoms with Crippen LogP contribution in [0.2, 0.25) is 0 Å². The molecule has 2 aliphatic rings. The minimum absolute atomic E-state index is 0. The minimum atomic E-state index is 0. The average Bonchev–Trinajstić information content (AvgIpc) is 3.57. The Morgan fingerprint density at radius 1 is 1.22 bits per heavy atom. The van der Waals surface area contributed by atoms with E-state index in [0.29, 0.717) is 6.54 Å². The van der Waals surface area contributed by atoms with Gasteiger partial charge in [-0.15, -0.1) is 34.2 Å². The zero-order chi connectivity index (χ0) is 17.8. The first-order valence-electron chi connectivity index (χ1n) is 9.88. The van der Waals surface area contributed by atoms with Crippen LogP contribution in [0.25, 0.3) is 5.65 Å². The molecular formula is C19H30IN7. The third kappa shape index (κ3) is 5.78. The van der Waals surface area contributed by atoms with E-state index in [2.05, 4.69) is 37.6 Å². The summed E-state index contributed by atoms with van der Waals surface area (Å²) in [6.45, 7) is 6.75. The van der Waals surface area contributed by atoms with Crippen LogP contribution in [0.15, 0.2) is 29.4 Å². The van der Waals surface area contributed by atoms with Gasteiger partial charge in [-0.2, -0.15) is 0 Å². The van der Waals surface area contributed by atoms with E-state index in [0.717, 1.165) is 49.0 Å². The van der Waals surface area contributed by atoms with Gasteiger partial charge in [0.05, 0.1) is 0 Å². The quantitative estimate of drug-likeness (QED) is 0.326. The Hall–Kier alpha value is -1.42. The van der Waals surface area contributed by atoms with Crippen molar-refractivity contribution >= 4 is 35.6 Å². The Balaban J connectivity index is 0.00000210. The van der Waals surface area contributed by atoms with E-state index in [1.165, 1.54) is 32.2 Å². The third-order valence-corrected chi connectivity index (χ3v) is 5.05. The highest BCUT2D eigenvalue weighted by Gasteiger charge is 2.33. The molecule has 2 fully saturated rings. The van der Waals surface area contributed by atoms with Crippen LogP contribution in [-0.4, -0.2) is 57.7 Å². The van der Waals surface area contributed by atoms with Crippen LogP contribution in [0.4, 0.5) is 0 Å². The fourth-order valence-electron chi connectivity index (χ4n) is 3.30. The standard InChI is InChI=1S/C19H29N7.HI/c1-2-20-19(21-10-12-25(16-8-9-16)14-15-6-7-15)22-13-18-24-23-17-5-3-4-11-26(17)18;/h3-5,11,15-16H,2,6-10,12-14H2,1H3,(H2,20,21,22);1H. The van der Waals surface area contributed by atoms with Gasteiger partial charge in [0.15, 0.2) is 17.4 Å². The predicted molar refractivity (Wildman–Crippen MR) is 119 cm³/mol. The van der Waals surface area contributed by atoms with E-state index in [-0.39, 0.29) is 24.0 Å². The number of nitrogens with zero attached hydrogens (tertiary/aromatic N) is 5. The van der Waals surface area contributed by atoms with Crippen molar-refractivity contribution < 1.29 is 0 Å². The normalized spacial score (nSPS) is 17.2. The lowest BCUT2D eigenvalue weighted by molar-refractivity contribution is 0.256. The molecule has 27 heavy (non-hydrogen) atoms. The van der Waals surface area contributed by atoms with Crippen molar-refractivity contribution in [3.05, 3.63) is 30.2 Å². The highest BCUT2D eigenvalue weighted by molar-refractivity contribution is 14.0.